The van der Waals surface area contributed by atoms with Gasteiger partial charge in [-0.2, -0.15) is 5.26 Å². The third-order valence-corrected chi connectivity index (χ3v) is 5.93. The van der Waals surface area contributed by atoms with Crippen LogP contribution in [0.5, 0.6) is 23.0 Å². The number of hydrogen-bond acceptors (Lipinski definition) is 7. The van der Waals surface area contributed by atoms with E-state index in [1.54, 1.807) is 43.5 Å². The van der Waals surface area contributed by atoms with Crippen molar-refractivity contribution in [2.24, 2.45) is 5.73 Å². The summed E-state index contributed by atoms with van der Waals surface area (Å²) >= 11 is 0. The van der Waals surface area contributed by atoms with Crippen molar-refractivity contribution >= 4 is 5.97 Å². The first-order valence-electron chi connectivity index (χ1n) is 11.8. The molecular formula is C29H28N2O5. The van der Waals surface area contributed by atoms with Crippen molar-refractivity contribution in [3.8, 4) is 29.1 Å². The van der Waals surface area contributed by atoms with Crippen LogP contribution in [-0.2, 0) is 0 Å². The summed E-state index contributed by atoms with van der Waals surface area (Å²) in [6, 6.07) is 20.0. The Balaban J connectivity index is 1.67. The highest BCUT2D eigenvalue weighted by Gasteiger charge is 2.31. The van der Waals surface area contributed by atoms with E-state index in [0.717, 1.165) is 29.5 Å². The third kappa shape index (κ3) is 5.13. The van der Waals surface area contributed by atoms with Gasteiger partial charge < -0.3 is 24.7 Å². The molecule has 0 bridgehead atoms. The van der Waals surface area contributed by atoms with Crippen LogP contribution in [-0.4, -0.2) is 19.7 Å². The Morgan fingerprint density at radius 1 is 1.11 bits per heavy atom. The molecule has 3 aromatic carbocycles. The monoisotopic (exact) mass is 484 g/mol. The number of ether oxygens (including phenoxy) is 4. The second kappa shape index (κ2) is 10.9. The minimum absolute atomic E-state index is 0.000556. The van der Waals surface area contributed by atoms with E-state index in [9.17, 15) is 10.1 Å². The summed E-state index contributed by atoms with van der Waals surface area (Å²) in [5, 5.41) is 9.87. The van der Waals surface area contributed by atoms with Gasteiger partial charge in [-0.1, -0.05) is 43.2 Å². The predicted molar refractivity (Wildman–Crippen MR) is 135 cm³/mol. The Morgan fingerprint density at radius 3 is 2.67 bits per heavy atom. The van der Waals surface area contributed by atoms with Crippen LogP contribution >= 0.6 is 0 Å². The molecule has 0 amide bonds. The fourth-order valence-electron chi connectivity index (χ4n) is 4.09. The Bertz CT molecular complexity index is 1360. The van der Waals surface area contributed by atoms with Crippen LogP contribution in [0.1, 0.15) is 52.7 Å². The Hall–Kier alpha value is -4.44. The highest BCUT2D eigenvalue weighted by molar-refractivity contribution is 5.91. The highest BCUT2D eigenvalue weighted by Crippen LogP contribution is 2.45. The maximum atomic E-state index is 12.6. The lowest BCUT2D eigenvalue weighted by Gasteiger charge is -2.27. The largest absolute Gasteiger partial charge is 0.493 e. The molecule has 3 aromatic rings. The van der Waals surface area contributed by atoms with E-state index in [0.29, 0.717) is 35.2 Å². The number of unbranched alkanes of at least 4 members (excludes halogenated alkanes) is 1. The SMILES string of the molecule is CCCCOc1ccc(C2C(C#N)=C(N)Oc3cc(OC(=O)c4cccc(C)c4)ccc32)cc1OC. The fourth-order valence-corrected chi connectivity index (χ4v) is 4.09. The molecule has 7 heteroatoms. The minimum atomic E-state index is -0.487. The van der Waals surface area contributed by atoms with Gasteiger partial charge in [-0.05, 0) is 49.2 Å². The number of esters is 1. The van der Waals surface area contributed by atoms with Crippen molar-refractivity contribution in [1.29, 1.82) is 5.26 Å². The molecule has 184 valence electrons. The molecule has 1 atom stereocenters. The number of benzene rings is 3. The zero-order valence-electron chi connectivity index (χ0n) is 20.5. The van der Waals surface area contributed by atoms with Gasteiger partial charge in [0.1, 0.15) is 23.1 Å². The summed E-state index contributed by atoms with van der Waals surface area (Å²) in [6.07, 6.45) is 1.96. The van der Waals surface area contributed by atoms with Gasteiger partial charge in [0.15, 0.2) is 11.5 Å². The van der Waals surface area contributed by atoms with Gasteiger partial charge in [0.2, 0.25) is 5.88 Å². The Morgan fingerprint density at radius 2 is 1.94 bits per heavy atom. The first kappa shape index (κ1) is 24.7. The van der Waals surface area contributed by atoms with Crippen molar-refractivity contribution in [3.63, 3.8) is 0 Å². The molecule has 0 saturated carbocycles. The molecule has 1 heterocycles. The van der Waals surface area contributed by atoms with Gasteiger partial charge in [-0.3, -0.25) is 0 Å². The van der Waals surface area contributed by atoms with Crippen LogP contribution < -0.4 is 24.7 Å². The molecule has 0 spiro atoms. The molecule has 0 radical (unpaired) electrons. The number of methoxy groups -OCH3 is 1. The first-order chi connectivity index (χ1) is 17.4. The van der Waals surface area contributed by atoms with Crippen molar-refractivity contribution in [3.05, 3.63) is 94.4 Å². The minimum Gasteiger partial charge on any atom is -0.493 e. The quantitative estimate of drug-likeness (QED) is 0.251. The topological polar surface area (TPSA) is 104 Å². The molecular weight excluding hydrogens is 456 g/mol. The third-order valence-electron chi connectivity index (χ3n) is 5.93. The van der Waals surface area contributed by atoms with Crippen LogP contribution in [0.25, 0.3) is 0 Å². The van der Waals surface area contributed by atoms with Crippen molar-refractivity contribution in [1.82, 2.24) is 0 Å². The number of hydrogen-bond donors (Lipinski definition) is 1. The average molecular weight is 485 g/mol. The number of fused-ring (bicyclic) bond motifs is 1. The van der Waals surface area contributed by atoms with E-state index in [2.05, 4.69) is 13.0 Å². The molecule has 7 nitrogen and oxygen atoms in total. The van der Waals surface area contributed by atoms with Gasteiger partial charge >= 0.3 is 5.97 Å². The lowest BCUT2D eigenvalue weighted by Crippen LogP contribution is -2.21. The standard InChI is InChI=1S/C29H28N2O5/c1-4-5-13-34-24-12-9-19(15-26(24)33-3)27-22-11-10-21(16-25(22)36-28(31)23(27)17-30)35-29(32)20-8-6-7-18(2)14-20/h6-12,14-16,27H,4-5,13,31H2,1-3H3. The van der Waals surface area contributed by atoms with Crippen LogP contribution in [0.2, 0.25) is 0 Å². The van der Waals surface area contributed by atoms with E-state index < -0.39 is 11.9 Å². The van der Waals surface area contributed by atoms with Gasteiger partial charge in [0.05, 0.1) is 25.2 Å². The zero-order chi connectivity index (χ0) is 25.7. The Labute approximate surface area is 210 Å². The molecule has 0 fully saturated rings. The van der Waals surface area contributed by atoms with Crippen molar-refractivity contribution in [2.75, 3.05) is 13.7 Å². The van der Waals surface area contributed by atoms with Crippen LogP contribution in [0, 0.1) is 18.3 Å². The van der Waals surface area contributed by atoms with Gasteiger partial charge in [-0.25, -0.2) is 4.79 Å². The molecule has 36 heavy (non-hydrogen) atoms. The van der Waals surface area contributed by atoms with Crippen LogP contribution in [0.15, 0.2) is 72.1 Å². The number of nitrogens with zero attached hydrogens (tertiary/aromatic N) is 1. The second-order valence-corrected chi connectivity index (χ2v) is 8.50. The highest BCUT2D eigenvalue weighted by atomic mass is 16.5. The number of rotatable bonds is 8. The number of carbonyl (C=O) groups excluding carboxylic acids is 1. The molecule has 1 aliphatic heterocycles. The summed E-state index contributed by atoms with van der Waals surface area (Å²) in [6.45, 7) is 4.60. The predicted octanol–water partition coefficient (Wildman–Crippen LogP) is 5.62. The molecule has 1 unspecified atom stereocenters. The lowest BCUT2D eigenvalue weighted by molar-refractivity contribution is 0.0734. The number of allylic oxidation sites excluding steroid dienone is 1. The molecule has 4 rings (SSSR count). The number of aryl methyl sites for hydroxylation is 1. The molecule has 1 aliphatic rings. The summed E-state index contributed by atoms with van der Waals surface area (Å²) in [5.74, 6) is 0.957. The van der Waals surface area contributed by atoms with E-state index in [4.69, 9.17) is 24.7 Å². The fraction of sp³-hybridized carbons (Fsp3) is 0.241. The number of carbonyl (C=O) groups is 1. The second-order valence-electron chi connectivity index (χ2n) is 8.50. The van der Waals surface area contributed by atoms with Gasteiger partial charge in [0.25, 0.3) is 0 Å². The van der Waals surface area contributed by atoms with E-state index >= 15 is 0 Å². The Kier molecular flexibility index (Phi) is 7.45. The molecule has 0 aliphatic carbocycles. The van der Waals surface area contributed by atoms with E-state index in [-0.39, 0.29) is 11.5 Å². The maximum absolute atomic E-state index is 12.6. The first-order valence-corrected chi connectivity index (χ1v) is 11.8. The molecule has 0 saturated heterocycles. The summed E-state index contributed by atoms with van der Waals surface area (Å²) in [7, 11) is 1.58. The lowest BCUT2D eigenvalue weighted by atomic mass is 9.83. The van der Waals surface area contributed by atoms with Gasteiger partial charge in [-0.15, -0.1) is 0 Å². The maximum Gasteiger partial charge on any atom is 0.343 e. The zero-order valence-corrected chi connectivity index (χ0v) is 20.5. The summed E-state index contributed by atoms with van der Waals surface area (Å²) < 4.78 is 22.8. The average Bonchev–Trinajstić information content (AvgIpc) is 2.88. The number of nitriles is 1. The molecule has 0 aromatic heterocycles. The van der Waals surface area contributed by atoms with Crippen molar-refractivity contribution < 1.29 is 23.7 Å². The molecule has 2 N–H and O–H groups in total. The summed E-state index contributed by atoms with van der Waals surface area (Å²) in [4.78, 5) is 12.6. The van der Waals surface area contributed by atoms with Crippen molar-refractivity contribution in [2.45, 2.75) is 32.6 Å². The van der Waals surface area contributed by atoms with E-state index in [1.165, 1.54) is 0 Å². The van der Waals surface area contributed by atoms with Gasteiger partial charge in [0, 0.05) is 11.6 Å². The van der Waals surface area contributed by atoms with Crippen LogP contribution in [0.4, 0.5) is 0 Å². The van der Waals surface area contributed by atoms with Crippen LogP contribution in [0.3, 0.4) is 0 Å². The van der Waals surface area contributed by atoms with E-state index in [1.807, 2.05) is 31.2 Å². The number of nitrogens with two attached hydrogens (primary N) is 1. The normalized spacial score (nSPS) is 14.3. The summed E-state index contributed by atoms with van der Waals surface area (Å²) in [5.41, 5.74) is 9.35. The smallest absolute Gasteiger partial charge is 0.343 e.